The predicted molar refractivity (Wildman–Crippen MR) is 110 cm³/mol. The summed E-state index contributed by atoms with van der Waals surface area (Å²) in [6.07, 6.45) is 0. The van der Waals surface area contributed by atoms with Gasteiger partial charge in [-0.1, -0.05) is 60.1 Å². The maximum Gasteiger partial charge on any atom is 0.257 e. The number of thioether (sulfide) groups is 1. The number of ether oxygens (including phenoxy) is 1. The molecule has 134 valence electrons. The molecule has 0 atom stereocenters. The Labute approximate surface area is 162 Å². The lowest BCUT2D eigenvalue weighted by molar-refractivity contribution is -0.122. The molecule has 5 heteroatoms. The van der Waals surface area contributed by atoms with E-state index in [1.54, 1.807) is 11.8 Å². The van der Waals surface area contributed by atoms with E-state index >= 15 is 0 Å². The monoisotopic (exact) mass is 385 g/mol. The Kier molecular flexibility index (Phi) is 6.81. The molecule has 0 spiro atoms. The summed E-state index contributed by atoms with van der Waals surface area (Å²) < 4.78 is 5.69. The molecule has 26 heavy (non-hydrogen) atoms. The van der Waals surface area contributed by atoms with Gasteiger partial charge in [0.2, 0.25) is 0 Å². The highest BCUT2D eigenvalue weighted by molar-refractivity contribution is 7.98. The third-order valence-electron chi connectivity index (χ3n) is 3.86. The molecular weight excluding hydrogens is 366 g/mol. The first-order valence-corrected chi connectivity index (χ1v) is 9.95. The maximum absolute atomic E-state index is 12.0. The van der Waals surface area contributed by atoms with E-state index in [1.165, 1.54) is 5.56 Å². The van der Waals surface area contributed by atoms with Crippen molar-refractivity contribution in [2.24, 2.45) is 0 Å². The zero-order valence-corrected chi connectivity index (χ0v) is 15.9. The molecule has 1 amide bonds. The van der Waals surface area contributed by atoms with E-state index in [4.69, 9.17) is 16.3 Å². The van der Waals surface area contributed by atoms with Gasteiger partial charge in [-0.15, -0.1) is 0 Å². The van der Waals surface area contributed by atoms with Crippen molar-refractivity contribution in [1.82, 2.24) is 5.32 Å². The molecule has 0 unspecified atom stereocenters. The van der Waals surface area contributed by atoms with E-state index in [-0.39, 0.29) is 12.5 Å². The summed E-state index contributed by atoms with van der Waals surface area (Å²) >= 11 is 7.64. The van der Waals surface area contributed by atoms with Crippen molar-refractivity contribution in [1.29, 1.82) is 0 Å². The van der Waals surface area contributed by atoms with Crippen LogP contribution >= 0.6 is 23.4 Å². The van der Waals surface area contributed by atoms with Crippen molar-refractivity contribution in [3.8, 4) is 5.75 Å². The van der Waals surface area contributed by atoms with Crippen LogP contribution in [0.1, 0.15) is 5.56 Å². The Bertz CT molecular complexity index is 862. The molecule has 0 aliphatic rings. The van der Waals surface area contributed by atoms with Crippen LogP contribution in [0, 0.1) is 0 Å². The number of rotatable bonds is 8. The molecule has 0 aliphatic carbocycles. The Morgan fingerprint density at radius 3 is 2.62 bits per heavy atom. The normalized spacial score (nSPS) is 10.7. The van der Waals surface area contributed by atoms with Gasteiger partial charge < -0.3 is 10.1 Å². The van der Waals surface area contributed by atoms with Crippen LogP contribution in [0.4, 0.5) is 0 Å². The first kappa shape index (κ1) is 18.6. The van der Waals surface area contributed by atoms with Crippen LogP contribution in [-0.2, 0) is 10.5 Å². The van der Waals surface area contributed by atoms with Gasteiger partial charge in [0.25, 0.3) is 5.91 Å². The highest BCUT2D eigenvalue weighted by atomic mass is 35.5. The molecule has 3 aromatic rings. The van der Waals surface area contributed by atoms with Gasteiger partial charge in [0.1, 0.15) is 5.75 Å². The summed E-state index contributed by atoms with van der Waals surface area (Å²) in [6.45, 7) is 0.645. The van der Waals surface area contributed by atoms with Gasteiger partial charge in [0, 0.05) is 28.5 Å². The van der Waals surface area contributed by atoms with Crippen LogP contribution in [0.2, 0.25) is 5.02 Å². The number of fused-ring (bicyclic) bond motifs is 1. The first-order chi connectivity index (χ1) is 12.7. The number of nitrogens with one attached hydrogen (secondary N) is 1. The summed E-state index contributed by atoms with van der Waals surface area (Å²) in [5.41, 5.74) is 1.23. The Morgan fingerprint density at radius 1 is 1.00 bits per heavy atom. The Morgan fingerprint density at radius 2 is 1.77 bits per heavy atom. The minimum Gasteiger partial charge on any atom is -0.483 e. The van der Waals surface area contributed by atoms with Crippen molar-refractivity contribution in [2.75, 3.05) is 18.9 Å². The molecule has 3 nitrogen and oxygen atoms in total. The van der Waals surface area contributed by atoms with Crippen molar-refractivity contribution >= 4 is 40.0 Å². The Balaban J connectivity index is 1.37. The van der Waals surface area contributed by atoms with E-state index in [2.05, 4.69) is 5.32 Å². The van der Waals surface area contributed by atoms with Crippen LogP contribution in [0.25, 0.3) is 10.8 Å². The fourth-order valence-electron chi connectivity index (χ4n) is 2.55. The van der Waals surface area contributed by atoms with E-state index in [0.717, 1.165) is 33.1 Å². The molecule has 3 aromatic carbocycles. The van der Waals surface area contributed by atoms with Gasteiger partial charge in [-0.25, -0.2) is 0 Å². The molecule has 0 saturated heterocycles. The van der Waals surface area contributed by atoms with Gasteiger partial charge in [-0.05, 0) is 29.1 Å². The van der Waals surface area contributed by atoms with Crippen LogP contribution in [0.5, 0.6) is 5.75 Å². The molecule has 0 saturated carbocycles. The topological polar surface area (TPSA) is 38.3 Å². The van der Waals surface area contributed by atoms with E-state index in [0.29, 0.717) is 6.54 Å². The number of benzene rings is 3. The van der Waals surface area contributed by atoms with Crippen molar-refractivity contribution in [3.63, 3.8) is 0 Å². The molecule has 0 radical (unpaired) electrons. The smallest absolute Gasteiger partial charge is 0.257 e. The highest BCUT2D eigenvalue weighted by Gasteiger charge is 2.05. The lowest BCUT2D eigenvalue weighted by Crippen LogP contribution is -2.30. The zero-order valence-electron chi connectivity index (χ0n) is 14.3. The second-order valence-corrected chi connectivity index (χ2v) is 7.34. The van der Waals surface area contributed by atoms with Gasteiger partial charge in [0.05, 0.1) is 0 Å². The number of amides is 1. The molecule has 0 fully saturated rings. The van der Waals surface area contributed by atoms with Crippen molar-refractivity contribution in [2.45, 2.75) is 5.75 Å². The molecule has 0 aliphatic heterocycles. The number of carbonyl (C=O) groups excluding carboxylic acids is 1. The van der Waals surface area contributed by atoms with Crippen molar-refractivity contribution < 1.29 is 9.53 Å². The largest absolute Gasteiger partial charge is 0.483 e. The molecule has 1 N–H and O–H groups in total. The fourth-order valence-corrected chi connectivity index (χ4v) is 3.49. The van der Waals surface area contributed by atoms with Gasteiger partial charge >= 0.3 is 0 Å². The van der Waals surface area contributed by atoms with E-state index in [1.807, 2.05) is 66.7 Å². The second kappa shape index (κ2) is 9.51. The summed E-state index contributed by atoms with van der Waals surface area (Å²) in [7, 11) is 0. The van der Waals surface area contributed by atoms with E-state index < -0.39 is 0 Å². The van der Waals surface area contributed by atoms with Crippen LogP contribution in [-0.4, -0.2) is 24.8 Å². The predicted octanol–water partition coefficient (Wildman–Crippen LogP) is 4.92. The fraction of sp³-hybridized carbons (Fsp3) is 0.190. The maximum atomic E-state index is 12.0. The van der Waals surface area contributed by atoms with Crippen LogP contribution in [0.15, 0.2) is 66.7 Å². The summed E-state index contributed by atoms with van der Waals surface area (Å²) in [5, 5.41) is 5.75. The summed E-state index contributed by atoms with van der Waals surface area (Å²) in [4.78, 5) is 12.0. The van der Waals surface area contributed by atoms with Crippen LogP contribution < -0.4 is 10.1 Å². The number of halogens is 1. The number of hydrogen-bond acceptors (Lipinski definition) is 3. The van der Waals surface area contributed by atoms with Crippen molar-refractivity contribution in [3.05, 3.63) is 77.3 Å². The second-order valence-electron chi connectivity index (χ2n) is 5.79. The third kappa shape index (κ3) is 5.41. The lowest BCUT2D eigenvalue weighted by atomic mass is 10.1. The number of carbonyl (C=O) groups is 1. The van der Waals surface area contributed by atoms with Gasteiger partial charge in [-0.2, -0.15) is 11.8 Å². The Hall–Kier alpha value is -2.17. The minimum absolute atomic E-state index is 0.0237. The highest BCUT2D eigenvalue weighted by Crippen LogP contribution is 2.24. The quantitative estimate of drug-likeness (QED) is 0.559. The standard InChI is InChI=1S/C21H20ClNO2S/c22-18-10-8-16(9-11-18)15-26-13-12-23-21(24)14-25-20-7-3-5-17-4-1-2-6-19(17)20/h1-11H,12-15H2,(H,23,24). The SMILES string of the molecule is O=C(COc1cccc2ccccc12)NCCSCc1ccc(Cl)cc1. The number of hydrogen-bond donors (Lipinski definition) is 1. The van der Waals surface area contributed by atoms with Gasteiger partial charge in [-0.3, -0.25) is 4.79 Å². The zero-order chi connectivity index (χ0) is 18.2. The lowest BCUT2D eigenvalue weighted by Gasteiger charge is -2.10. The van der Waals surface area contributed by atoms with Crippen LogP contribution in [0.3, 0.4) is 0 Å². The molecule has 0 aromatic heterocycles. The molecule has 0 bridgehead atoms. The average molecular weight is 386 g/mol. The molecular formula is C21H20ClNO2S. The molecule has 3 rings (SSSR count). The summed E-state index contributed by atoms with van der Waals surface area (Å²) in [5.74, 6) is 2.38. The first-order valence-electron chi connectivity index (χ1n) is 8.42. The van der Waals surface area contributed by atoms with E-state index in [9.17, 15) is 4.79 Å². The molecule has 0 heterocycles. The minimum atomic E-state index is -0.106. The average Bonchev–Trinajstić information content (AvgIpc) is 2.67. The summed E-state index contributed by atoms with van der Waals surface area (Å²) in [6, 6.07) is 21.6. The van der Waals surface area contributed by atoms with Gasteiger partial charge in [0.15, 0.2) is 6.61 Å². The third-order valence-corrected chi connectivity index (χ3v) is 5.14.